The van der Waals surface area contributed by atoms with E-state index in [0.29, 0.717) is 0 Å². The monoisotopic (exact) mass is 178 g/mol. The van der Waals surface area contributed by atoms with Crippen molar-refractivity contribution in [2.24, 2.45) is 0 Å². The highest BCUT2D eigenvalue weighted by Crippen LogP contribution is 2.34. The van der Waals surface area contributed by atoms with Gasteiger partial charge in [-0.3, -0.25) is 0 Å². The molecule has 1 fully saturated rings. The fourth-order valence-electron chi connectivity index (χ4n) is 2.05. The summed E-state index contributed by atoms with van der Waals surface area (Å²) in [6.45, 7) is 0. The van der Waals surface area contributed by atoms with E-state index in [1.54, 1.807) is 12.1 Å². The van der Waals surface area contributed by atoms with Crippen LogP contribution in [0.5, 0.6) is 5.75 Å². The van der Waals surface area contributed by atoms with Gasteiger partial charge in [0.05, 0.1) is 6.10 Å². The van der Waals surface area contributed by atoms with Gasteiger partial charge >= 0.3 is 0 Å². The molecule has 1 saturated carbocycles. The predicted molar refractivity (Wildman–Crippen MR) is 50.7 cm³/mol. The zero-order chi connectivity index (χ0) is 9.26. The van der Waals surface area contributed by atoms with E-state index in [9.17, 15) is 5.11 Å². The molecule has 0 saturated heterocycles. The molecular formula is C11H14O2. The first kappa shape index (κ1) is 8.57. The molecule has 1 aliphatic carbocycles. The van der Waals surface area contributed by atoms with E-state index >= 15 is 0 Å². The van der Waals surface area contributed by atoms with Gasteiger partial charge in [0, 0.05) is 5.92 Å². The molecule has 0 bridgehead atoms. The molecule has 0 spiro atoms. The third kappa shape index (κ3) is 1.68. The standard InChI is InChI=1S/C11H14O2/c12-9-6-4-8(5-7-9)10-2-1-3-11(10)13/h4-7,10-13H,1-3H2. The number of hydrogen-bond donors (Lipinski definition) is 2. The maximum Gasteiger partial charge on any atom is 0.115 e. The van der Waals surface area contributed by atoms with Gasteiger partial charge < -0.3 is 10.2 Å². The Morgan fingerprint density at radius 3 is 2.31 bits per heavy atom. The molecule has 1 aromatic carbocycles. The van der Waals surface area contributed by atoms with Gasteiger partial charge in [0.2, 0.25) is 0 Å². The minimum atomic E-state index is -0.190. The summed E-state index contributed by atoms with van der Waals surface area (Å²) in [5.41, 5.74) is 1.14. The first-order valence-corrected chi connectivity index (χ1v) is 4.74. The second kappa shape index (κ2) is 3.38. The van der Waals surface area contributed by atoms with Crippen LogP contribution in [0.2, 0.25) is 0 Å². The molecule has 2 atom stereocenters. The van der Waals surface area contributed by atoms with Crippen LogP contribution >= 0.6 is 0 Å². The largest absolute Gasteiger partial charge is 0.508 e. The highest BCUT2D eigenvalue weighted by molar-refractivity contribution is 5.29. The van der Waals surface area contributed by atoms with Crippen molar-refractivity contribution >= 4 is 0 Å². The smallest absolute Gasteiger partial charge is 0.115 e. The quantitative estimate of drug-likeness (QED) is 0.690. The Balaban J connectivity index is 2.20. The van der Waals surface area contributed by atoms with Crippen LogP contribution in [0.15, 0.2) is 24.3 Å². The van der Waals surface area contributed by atoms with Crippen LogP contribution in [0.1, 0.15) is 30.7 Å². The molecule has 2 rings (SSSR count). The molecule has 0 aromatic heterocycles. The first-order valence-electron chi connectivity index (χ1n) is 4.74. The van der Waals surface area contributed by atoms with E-state index in [2.05, 4.69) is 0 Å². The molecule has 2 heteroatoms. The second-order valence-corrected chi connectivity index (χ2v) is 3.70. The lowest BCUT2D eigenvalue weighted by atomic mass is 9.96. The zero-order valence-corrected chi connectivity index (χ0v) is 7.48. The van der Waals surface area contributed by atoms with Crippen molar-refractivity contribution in [2.75, 3.05) is 0 Å². The van der Waals surface area contributed by atoms with Crippen LogP contribution in [0.3, 0.4) is 0 Å². The Morgan fingerprint density at radius 1 is 1.08 bits per heavy atom. The molecule has 0 heterocycles. The zero-order valence-electron chi connectivity index (χ0n) is 7.48. The molecule has 1 aliphatic rings. The van der Waals surface area contributed by atoms with Gasteiger partial charge in [0.1, 0.15) is 5.75 Å². The highest BCUT2D eigenvalue weighted by Gasteiger charge is 2.26. The van der Waals surface area contributed by atoms with Crippen molar-refractivity contribution in [2.45, 2.75) is 31.3 Å². The number of benzene rings is 1. The van der Waals surface area contributed by atoms with Crippen molar-refractivity contribution in [1.82, 2.24) is 0 Å². The molecule has 0 amide bonds. The minimum absolute atomic E-state index is 0.190. The second-order valence-electron chi connectivity index (χ2n) is 3.70. The number of phenols is 1. The molecule has 0 radical (unpaired) electrons. The van der Waals surface area contributed by atoms with E-state index in [0.717, 1.165) is 24.8 Å². The van der Waals surface area contributed by atoms with E-state index < -0.39 is 0 Å². The van der Waals surface area contributed by atoms with Gasteiger partial charge in [0.25, 0.3) is 0 Å². The van der Waals surface area contributed by atoms with Gasteiger partial charge in [-0.05, 0) is 30.5 Å². The number of aliphatic hydroxyl groups excluding tert-OH is 1. The Labute approximate surface area is 77.8 Å². The van der Waals surface area contributed by atoms with Crippen LogP contribution in [-0.4, -0.2) is 16.3 Å². The minimum Gasteiger partial charge on any atom is -0.508 e. The topological polar surface area (TPSA) is 40.5 Å². The van der Waals surface area contributed by atoms with Crippen LogP contribution in [0.4, 0.5) is 0 Å². The van der Waals surface area contributed by atoms with E-state index in [1.807, 2.05) is 12.1 Å². The number of rotatable bonds is 1. The SMILES string of the molecule is Oc1ccc(C2CCCC2O)cc1. The third-order valence-electron chi connectivity index (χ3n) is 2.80. The van der Waals surface area contributed by atoms with Gasteiger partial charge in [-0.1, -0.05) is 18.6 Å². The van der Waals surface area contributed by atoms with Crippen molar-refractivity contribution in [3.8, 4) is 5.75 Å². The van der Waals surface area contributed by atoms with E-state index in [4.69, 9.17) is 5.11 Å². The summed E-state index contributed by atoms with van der Waals surface area (Å²) in [6, 6.07) is 7.16. The lowest BCUT2D eigenvalue weighted by Crippen LogP contribution is -2.10. The Bertz CT molecular complexity index is 279. The Morgan fingerprint density at radius 2 is 1.77 bits per heavy atom. The van der Waals surface area contributed by atoms with Crippen LogP contribution < -0.4 is 0 Å². The average Bonchev–Trinajstić information content (AvgIpc) is 2.53. The molecule has 2 nitrogen and oxygen atoms in total. The van der Waals surface area contributed by atoms with Crippen molar-refractivity contribution in [1.29, 1.82) is 0 Å². The fraction of sp³-hybridized carbons (Fsp3) is 0.455. The van der Waals surface area contributed by atoms with Gasteiger partial charge in [-0.15, -0.1) is 0 Å². The molecule has 13 heavy (non-hydrogen) atoms. The normalized spacial score (nSPS) is 27.8. The predicted octanol–water partition coefficient (Wildman–Crippen LogP) is 2.02. The molecule has 70 valence electrons. The van der Waals surface area contributed by atoms with Crippen molar-refractivity contribution in [3.05, 3.63) is 29.8 Å². The summed E-state index contributed by atoms with van der Waals surface area (Å²) < 4.78 is 0. The Hall–Kier alpha value is -1.02. The van der Waals surface area contributed by atoms with E-state index in [-0.39, 0.29) is 17.8 Å². The maximum absolute atomic E-state index is 9.65. The number of hydrogen-bond acceptors (Lipinski definition) is 2. The summed E-state index contributed by atoms with van der Waals surface area (Å²) in [5.74, 6) is 0.567. The van der Waals surface area contributed by atoms with Crippen molar-refractivity contribution in [3.63, 3.8) is 0 Å². The summed E-state index contributed by atoms with van der Waals surface area (Å²) in [6.07, 6.45) is 2.88. The summed E-state index contributed by atoms with van der Waals surface area (Å²) >= 11 is 0. The number of phenolic OH excluding ortho intramolecular Hbond substituents is 1. The molecule has 2 N–H and O–H groups in total. The molecule has 0 aliphatic heterocycles. The maximum atomic E-state index is 9.65. The molecule has 2 unspecified atom stereocenters. The summed E-state index contributed by atoms with van der Waals surface area (Å²) in [4.78, 5) is 0. The third-order valence-corrected chi connectivity index (χ3v) is 2.80. The van der Waals surface area contributed by atoms with Gasteiger partial charge in [-0.25, -0.2) is 0 Å². The van der Waals surface area contributed by atoms with Crippen LogP contribution in [0.25, 0.3) is 0 Å². The first-order chi connectivity index (χ1) is 6.27. The van der Waals surface area contributed by atoms with Gasteiger partial charge in [0.15, 0.2) is 0 Å². The van der Waals surface area contributed by atoms with E-state index in [1.165, 1.54) is 0 Å². The number of aliphatic hydroxyl groups is 1. The molecular weight excluding hydrogens is 164 g/mol. The number of aromatic hydroxyl groups is 1. The molecule has 1 aromatic rings. The highest BCUT2D eigenvalue weighted by atomic mass is 16.3. The lowest BCUT2D eigenvalue weighted by Gasteiger charge is -2.14. The lowest BCUT2D eigenvalue weighted by molar-refractivity contribution is 0.164. The fourth-order valence-corrected chi connectivity index (χ4v) is 2.05. The van der Waals surface area contributed by atoms with Crippen molar-refractivity contribution < 1.29 is 10.2 Å². The van der Waals surface area contributed by atoms with Crippen LogP contribution in [0, 0.1) is 0 Å². The average molecular weight is 178 g/mol. The summed E-state index contributed by atoms with van der Waals surface area (Å²) in [7, 11) is 0. The van der Waals surface area contributed by atoms with Gasteiger partial charge in [-0.2, -0.15) is 0 Å². The Kier molecular flexibility index (Phi) is 2.23. The van der Waals surface area contributed by atoms with Crippen LogP contribution in [-0.2, 0) is 0 Å². The summed E-state index contributed by atoms with van der Waals surface area (Å²) in [5, 5.41) is 18.8.